The Morgan fingerprint density at radius 3 is 2.63 bits per heavy atom. The van der Waals surface area contributed by atoms with Crippen molar-refractivity contribution in [2.24, 2.45) is 0 Å². The summed E-state index contributed by atoms with van der Waals surface area (Å²) in [6.45, 7) is 2.23. The molecule has 0 fully saturated rings. The van der Waals surface area contributed by atoms with Crippen LogP contribution in [0.1, 0.15) is 22.8 Å². The Kier molecular flexibility index (Phi) is 4.17. The molecule has 0 unspecified atom stereocenters. The van der Waals surface area contributed by atoms with Crippen LogP contribution in [0.4, 0.5) is 4.39 Å². The molecule has 0 aromatic heterocycles. The monoisotopic (exact) mass is 278 g/mol. The number of carbonyl (C=O) groups excluding carboxylic acids is 1. The summed E-state index contributed by atoms with van der Waals surface area (Å²) in [4.78, 5) is 12.3. The number of rotatable bonds is 4. The van der Waals surface area contributed by atoms with Gasteiger partial charge in [0, 0.05) is 5.02 Å². The predicted molar refractivity (Wildman–Crippen MR) is 72.5 cm³/mol. The van der Waals surface area contributed by atoms with Crippen molar-refractivity contribution in [2.45, 2.75) is 6.92 Å². The van der Waals surface area contributed by atoms with E-state index in [1.54, 1.807) is 18.2 Å². The van der Waals surface area contributed by atoms with E-state index in [2.05, 4.69) is 0 Å². The Morgan fingerprint density at radius 1 is 1.21 bits per heavy atom. The Bertz CT molecular complexity index is 611. The van der Waals surface area contributed by atoms with Crippen LogP contribution in [0, 0.1) is 5.82 Å². The zero-order chi connectivity index (χ0) is 13.8. The minimum Gasteiger partial charge on any atom is -0.493 e. The van der Waals surface area contributed by atoms with Gasteiger partial charge in [-0.3, -0.25) is 4.79 Å². The fraction of sp³-hybridized carbons (Fsp3) is 0.133. The van der Waals surface area contributed by atoms with Crippen molar-refractivity contribution >= 4 is 17.4 Å². The minimum atomic E-state index is -0.560. The van der Waals surface area contributed by atoms with Crippen molar-refractivity contribution in [3.05, 3.63) is 64.4 Å². The lowest BCUT2D eigenvalue weighted by Gasteiger charge is -2.10. The van der Waals surface area contributed by atoms with E-state index in [0.717, 1.165) is 0 Å². The van der Waals surface area contributed by atoms with Gasteiger partial charge in [-0.15, -0.1) is 0 Å². The molecule has 98 valence electrons. The van der Waals surface area contributed by atoms with E-state index in [9.17, 15) is 9.18 Å². The number of ether oxygens (including phenoxy) is 1. The molecule has 0 amide bonds. The van der Waals surface area contributed by atoms with E-state index in [1.165, 1.54) is 24.3 Å². The van der Waals surface area contributed by atoms with E-state index in [0.29, 0.717) is 17.4 Å². The molecule has 0 saturated heterocycles. The first kappa shape index (κ1) is 13.6. The van der Waals surface area contributed by atoms with Gasteiger partial charge in [0.25, 0.3) is 0 Å². The van der Waals surface area contributed by atoms with Crippen molar-refractivity contribution in [1.82, 2.24) is 0 Å². The Morgan fingerprint density at radius 2 is 1.95 bits per heavy atom. The molecule has 0 radical (unpaired) electrons. The quantitative estimate of drug-likeness (QED) is 0.787. The Hall–Kier alpha value is -1.87. The van der Waals surface area contributed by atoms with Crippen LogP contribution in [-0.2, 0) is 0 Å². The highest BCUT2D eigenvalue weighted by molar-refractivity contribution is 6.31. The Balaban J connectivity index is 2.49. The molecular weight excluding hydrogens is 267 g/mol. The van der Waals surface area contributed by atoms with Crippen LogP contribution >= 0.6 is 11.6 Å². The minimum absolute atomic E-state index is 0.00530. The largest absolute Gasteiger partial charge is 0.493 e. The number of hydrogen-bond acceptors (Lipinski definition) is 2. The molecule has 2 aromatic carbocycles. The average molecular weight is 279 g/mol. The number of halogens is 2. The summed E-state index contributed by atoms with van der Waals surface area (Å²) in [5.74, 6) is -0.598. The lowest BCUT2D eigenvalue weighted by Crippen LogP contribution is -2.07. The second-order valence-electron chi connectivity index (χ2n) is 3.88. The average Bonchev–Trinajstić information content (AvgIpc) is 2.41. The molecule has 2 nitrogen and oxygen atoms in total. The number of hydrogen-bond donors (Lipinski definition) is 0. The highest BCUT2D eigenvalue weighted by Crippen LogP contribution is 2.26. The lowest BCUT2D eigenvalue weighted by atomic mass is 10.0. The van der Waals surface area contributed by atoms with E-state index in [4.69, 9.17) is 16.3 Å². The van der Waals surface area contributed by atoms with Crippen molar-refractivity contribution in [3.8, 4) is 5.75 Å². The molecule has 19 heavy (non-hydrogen) atoms. The highest BCUT2D eigenvalue weighted by Gasteiger charge is 2.18. The van der Waals surface area contributed by atoms with Crippen LogP contribution in [0.3, 0.4) is 0 Å². The number of carbonyl (C=O) groups is 1. The van der Waals surface area contributed by atoms with Crippen LogP contribution in [0.2, 0.25) is 5.02 Å². The fourth-order valence-corrected chi connectivity index (χ4v) is 1.92. The van der Waals surface area contributed by atoms with Crippen LogP contribution in [0.15, 0.2) is 42.5 Å². The molecule has 0 bridgehead atoms. The third kappa shape index (κ3) is 2.93. The number of benzene rings is 2. The predicted octanol–water partition coefficient (Wildman–Crippen LogP) is 4.11. The topological polar surface area (TPSA) is 26.3 Å². The summed E-state index contributed by atoms with van der Waals surface area (Å²) < 4.78 is 19.0. The molecule has 0 aliphatic rings. The molecule has 0 N–H and O–H groups in total. The van der Waals surface area contributed by atoms with Gasteiger partial charge in [-0.2, -0.15) is 0 Å². The van der Waals surface area contributed by atoms with Gasteiger partial charge >= 0.3 is 0 Å². The molecule has 0 aliphatic carbocycles. The van der Waals surface area contributed by atoms with Gasteiger partial charge in [0.1, 0.15) is 11.6 Å². The first-order chi connectivity index (χ1) is 9.13. The zero-order valence-electron chi connectivity index (χ0n) is 10.3. The normalized spacial score (nSPS) is 10.3. The maximum atomic E-state index is 13.6. The maximum absolute atomic E-state index is 13.6. The van der Waals surface area contributed by atoms with Crippen molar-refractivity contribution in [3.63, 3.8) is 0 Å². The van der Waals surface area contributed by atoms with Crippen molar-refractivity contribution in [1.29, 1.82) is 0 Å². The van der Waals surface area contributed by atoms with Gasteiger partial charge in [0.2, 0.25) is 0 Å². The van der Waals surface area contributed by atoms with Crippen LogP contribution < -0.4 is 4.74 Å². The molecule has 0 aliphatic heterocycles. The summed E-state index contributed by atoms with van der Waals surface area (Å²) in [6.07, 6.45) is 0. The molecule has 2 rings (SSSR count). The van der Waals surface area contributed by atoms with Crippen LogP contribution in [-0.4, -0.2) is 12.4 Å². The van der Waals surface area contributed by atoms with Gasteiger partial charge in [0.15, 0.2) is 5.78 Å². The van der Waals surface area contributed by atoms with E-state index < -0.39 is 11.6 Å². The van der Waals surface area contributed by atoms with Gasteiger partial charge in [-0.05, 0) is 37.3 Å². The third-order valence-corrected chi connectivity index (χ3v) is 2.84. The van der Waals surface area contributed by atoms with Gasteiger partial charge in [-0.25, -0.2) is 4.39 Å². The number of ketones is 1. The summed E-state index contributed by atoms with van der Waals surface area (Å²) >= 11 is 5.89. The van der Waals surface area contributed by atoms with Gasteiger partial charge in [-0.1, -0.05) is 23.7 Å². The van der Waals surface area contributed by atoms with E-state index >= 15 is 0 Å². The van der Waals surface area contributed by atoms with Gasteiger partial charge < -0.3 is 4.74 Å². The van der Waals surface area contributed by atoms with Crippen LogP contribution in [0.5, 0.6) is 5.75 Å². The molecule has 4 heteroatoms. The standard InChI is InChI=1S/C15H12ClFO2/c1-2-19-14-8-7-10(16)9-12(14)15(18)11-5-3-4-6-13(11)17/h3-9H,2H2,1H3. The molecule has 2 aromatic rings. The summed E-state index contributed by atoms with van der Waals surface area (Å²) in [7, 11) is 0. The van der Waals surface area contributed by atoms with Crippen molar-refractivity contribution in [2.75, 3.05) is 6.61 Å². The molecule has 0 saturated carbocycles. The molecule has 0 atom stereocenters. The SMILES string of the molecule is CCOc1ccc(Cl)cc1C(=O)c1ccccc1F. The Labute approximate surface area is 115 Å². The third-order valence-electron chi connectivity index (χ3n) is 2.60. The maximum Gasteiger partial charge on any atom is 0.199 e. The lowest BCUT2D eigenvalue weighted by molar-refractivity contribution is 0.103. The van der Waals surface area contributed by atoms with Crippen molar-refractivity contribution < 1.29 is 13.9 Å². The summed E-state index contributed by atoms with van der Waals surface area (Å²) in [5.41, 5.74) is 0.269. The summed E-state index contributed by atoms with van der Waals surface area (Å²) in [5, 5.41) is 0.406. The first-order valence-corrected chi connectivity index (χ1v) is 6.23. The zero-order valence-corrected chi connectivity index (χ0v) is 11.1. The van der Waals surface area contributed by atoms with Gasteiger partial charge in [0.05, 0.1) is 17.7 Å². The molecule has 0 heterocycles. The second kappa shape index (κ2) is 5.85. The molecular formula is C15H12ClFO2. The van der Waals surface area contributed by atoms with E-state index in [1.807, 2.05) is 6.92 Å². The van der Waals surface area contributed by atoms with E-state index in [-0.39, 0.29) is 11.1 Å². The highest BCUT2D eigenvalue weighted by atomic mass is 35.5. The molecule has 0 spiro atoms. The second-order valence-corrected chi connectivity index (χ2v) is 4.32. The fourth-order valence-electron chi connectivity index (χ4n) is 1.75. The first-order valence-electron chi connectivity index (χ1n) is 5.85. The smallest absolute Gasteiger partial charge is 0.199 e. The summed E-state index contributed by atoms with van der Waals surface area (Å²) in [6, 6.07) is 10.6. The van der Waals surface area contributed by atoms with Crippen LogP contribution in [0.25, 0.3) is 0 Å².